The fourth-order valence-corrected chi connectivity index (χ4v) is 6.39. The fourth-order valence-electron chi connectivity index (χ4n) is 6.39. The summed E-state index contributed by atoms with van der Waals surface area (Å²) in [6, 6.07) is 0. The minimum atomic E-state index is -2.95. The highest BCUT2D eigenvalue weighted by atomic mass is 16.7. The summed E-state index contributed by atoms with van der Waals surface area (Å²) < 4.78 is 27.8. The van der Waals surface area contributed by atoms with Crippen LogP contribution < -0.4 is 0 Å². The highest BCUT2D eigenvalue weighted by Gasteiger charge is 2.58. The maximum atomic E-state index is 12.7. The first-order chi connectivity index (χ1) is 22.8. The van der Waals surface area contributed by atoms with Crippen LogP contribution in [-0.4, -0.2) is 189 Å². The van der Waals surface area contributed by atoms with Gasteiger partial charge in [0, 0.05) is 37.0 Å². The summed E-state index contributed by atoms with van der Waals surface area (Å²) in [4.78, 5) is 24.3. The Morgan fingerprint density at radius 3 is 1.73 bits per heavy atom. The average Bonchev–Trinajstić information content (AvgIpc) is 3.05. The van der Waals surface area contributed by atoms with E-state index in [2.05, 4.69) is 0 Å². The lowest BCUT2D eigenvalue weighted by Gasteiger charge is -2.48. The summed E-state index contributed by atoms with van der Waals surface area (Å²) >= 11 is 0. The number of hydrogen-bond acceptors (Lipinski definition) is 18. The molecule has 0 radical (unpaired) electrons. The van der Waals surface area contributed by atoms with E-state index in [1.165, 1.54) is 20.8 Å². The molecule has 0 amide bonds. The van der Waals surface area contributed by atoms with Crippen LogP contribution in [-0.2, 0) is 33.3 Å². The molecule has 6 unspecified atom stereocenters. The smallest absolute Gasteiger partial charge is 0.364 e. The molecule has 3 aliphatic rings. The number of hydrogen-bond donors (Lipinski definition) is 13. The predicted octanol–water partition coefficient (Wildman–Crippen LogP) is -5.58. The largest absolute Gasteiger partial charge is 0.477 e. The van der Waals surface area contributed by atoms with Gasteiger partial charge in [-0.15, -0.1) is 0 Å². The molecule has 3 aliphatic heterocycles. The molecular formula is C29H50O20. The van der Waals surface area contributed by atoms with E-state index in [0.29, 0.717) is 0 Å². The third-order valence-corrected chi connectivity index (χ3v) is 9.78. The van der Waals surface area contributed by atoms with Gasteiger partial charge >= 0.3 is 11.9 Å². The van der Waals surface area contributed by atoms with E-state index in [9.17, 15) is 76.0 Å². The van der Waals surface area contributed by atoms with Crippen LogP contribution in [0.25, 0.3) is 0 Å². The van der Waals surface area contributed by atoms with Gasteiger partial charge in [0.25, 0.3) is 11.6 Å². The van der Waals surface area contributed by atoms with Gasteiger partial charge in [-0.1, -0.05) is 20.8 Å². The van der Waals surface area contributed by atoms with Crippen molar-refractivity contribution in [3.05, 3.63) is 0 Å². The minimum Gasteiger partial charge on any atom is -0.477 e. The van der Waals surface area contributed by atoms with Crippen LogP contribution >= 0.6 is 0 Å². The Hall–Kier alpha value is -1.70. The van der Waals surface area contributed by atoms with Crippen LogP contribution in [0.15, 0.2) is 0 Å². The Labute approximate surface area is 280 Å². The minimum absolute atomic E-state index is 0.238. The lowest BCUT2D eigenvalue weighted by Crippen LogP contribution is -2.65. The molecule has 49 heavy (non-hydrogen) atoms. The van der Waals surface area contributed by atoms with E-state index < -0.39 is 153 Å². The molecule has 0 bridgehead atoms. The van der Waals surface area contributed by atoms with Crippen LogP contribution in [0.4, 0.5) is 0 Å². The van der Waals surface area contributed by atoms with Gasteiger partial charge in [0.15, 0.2) is 6.29 Å². The molecule has 0 spiro atoms. The van der Waals surface area contributed by atoms with Crippen molar-refractivity contribution in [2.75, 3.05) is 19.8 Å². The van der Waals surface area contributed by atoms with E-state index in [4.69, 9.17) is 23.7 Å². The molecular weight excluding hydrogens is 668 g/mol. The summed E-state index contributed by atoms with van der Waals surface area (Å²) in [7, 11) is 0. The maximum Gasteiger partial charge on any atom is 0.364 e. The van der Waals surface area contributed by atoms with Gasteiger partial charge in [0.05, 0.1) is 56.4 Å². The number of aliphatic hydroxyl groups excluding tert-OH is 10. The van der Waals surface area contributed by atoms with E-state index in [1.807, 2.05) is 0 Å². The third-order valence-electron chi connectivity index (χ3n) is 9.78. The molecule has 13 N–H and O–H groups in total. The lowest BCUT2D eigenvalue weighted by molar-refractivity contribution is -0.353. The number of aliphatic carboxylic acids is 2. The Morgan fingerprint density at radius 2 is 1.22 bits per heavy atom. The zero-order valence-corrected chi connectivity index (χ0v) is 27.2. The van der Waals surface area contributed by atoms with E-state index in [-0.39, 0.29) is 6.42 Å². The highest BCUT2D eigenvalue weighted by molar-refractivity contribution is 5.76. The summed E-state index contributed by atoms with van der Waals surface area (Å²) in [5.74, 6) is -12.5. The van der Waals surface area contributed by atoms with Crippen molar-refractivity contribution in [2.45, 2.75) is 131 Å². The molecule has 0 aromatic heterocycles. The molecule has 286 valence electrons. The Kier molecular flexibility index (Phi) is 14.3. The molecule has 20 heteroatoms. The first kappa shape index (κ1) is 41.7. The average molecular weight is 719 g/mol. The van der Waals surface area contributed by atoms with Crippen LogP contribution in [0.2, 0.25) is 0 Å². The van der Waals surface area contributed by atoms with Crippen molar-refractivity contribution in [1.82, 2.24) is 0 Å². The van der Waals surface area contributed by atoms with Gasteiger partial charge in [-0.25, -0.2) is 9.59 Å². The van der Waals surface area contributed by atoms with E-state index >= 15 is 0 Å². The number of carboxylic acid groups (broad SMARTS) is 2. The van der Waals surface area contributed by atoms with Gasteiger partial charge < -0.3 is 90.1 Å². The molecule has 3 fully saturated rings. The number of ether oxygens (including phenoxy) is 5. The molecule has 0 aromatic carbocycles. The highest BCUT2D eigenvalue weighted by Crippen LogP contribution is 2.40. The number of rotatable bonds is 15. The zero-order valence-electron chi connectivity index (χ0n) is 27.2. The maximum absolute atomic E-state index is 12.7. The second-order valence-corrected chi connectivity index (χ2v) is 13.2. The molecule has 20 nitrogen and oxygen atoms in total. The molecule has 0 aliphatic carbocycles. The van der Waals surface area contributed by atoms with Crippen LogP contribution in [0.1, 0.15) is 40.0 Å². The van der Waals surface area contributed by atoms with Crippen molar-refractivity contribution < 1.29 is 99.7 Å². The lowest BCUT2D eigenvalue weighted by atomic mass is 9.83. The quantitative estimate of drug-likeness (QED) is 0.0750. The number of carbonyl (C=O) groups is 2. The van der Waals surface area contributed by atoms with Crippen molar-refractivity contribution in [3.8, 4) is 0 Å². The second-order valence-electron chi connectivity index (χ2n) is 13.2. The molecule has 3 rings (SSSR count). The number of aliphatic hydroxyl groups is 11. The molecule has 3 saturated heterocycles. The Morgan fingerprint density at radius 1 is 0.714 bits per heavy atom. The van der Waals surface area contributed by atoms with Gasteiger partial charge in [-0.2, -0.15) is 0 Å². The fraction of sp³-hybridized carbons (Fsp3) is 0.931. The van der Waals surface area contributed by atoms with Crippen LogP contribution in [0.3, 0.4) is 0 Å². The SMILES string of the molecule is C[C@H]1C([C@H](O)C(CO)OC2C[C@@H](O)[C@@H](C)C([C@H](O)[C@H](O)CO)O2)O[C@@](OC(CO)[C@@H](O)C2O[C@@](O)(C(=O)O)C[C@@H](O)[C@H]2C)(C(=O)O)C[C@H]1O. The Bertz CT molecular complexity index is 1100. The van der Waals surface area contributed by atoms with E-state index in [0.717, 1.165) is 0 Å². The molecule has 18 atom stereocenters. The topological polar surface area (TPSA) is 343 Å². The Balaban J connectivity index is 1.85. The monoisotopic (exact) mass is 718 g/mol. The van der Waals surface area contributed by atoms with Crippen molar-refractivity contribution in [2.24, 2.45) is 17.8 Å². The molecule has 0 saturated carbocycles. The number of carboxylic acids is 2. The molecule has 0 aromatic rings. The summed E-state index contributed by atoms with van der Waals surface area (Å²) in [5.41, 5.74) is 0. The predicted molar refractivity (Wildman–Crippen MR) is 156 cm³/mol. The van der Waals surface area contributed by atoms with Crippen molar-refractivity contribution >= 4 is 11.9 Å². The molecule has 3 heterocycles. The normalized spacial score (nSPS) is 42.4. The first-order valence-corrected chi connectivity index (χ1v) is 15.9. The summed E-state index contributed by atoms with van der Waals surface area (Å²) in [5, 5.41) is 134. The standard InChI is InChI=1S/C29H50O20/c1-10-13(33)4-19(46-23(10)20(37)16(36)7-30)45-17(8-31)21(38)25-12(3)15(35)6-29(49-25,27(42)43)47-18(9-32)22(39)24-11(2)14(34)5-28(44,48-24)26(40)41/h10-25,30-39,44H,4-9H2,1-3H3,(H,40,41)(H,42,43)/t10-,11-,12-,13-,14-,15-,16-,17?,18?,19?,20-,21-,22-,23?,24?,25?,28-,29-/m1/s1. The second kappa shape index (κ2) is 16.8. The van der Waals surface area contributed by atoms with Crippen LogP contribution in [0, 0.1) is 17.8 Å². The first-order valence-electron chi connectivity index (χ1n) is 15.9. The van der Waals surface area contributed by atoms with Crippen molar-refractivity contribution in [1.29, 1.82) is 0 Å². The summed E-state index contributed by atoms with van der Waals surface area (Å²) in [6.07, 6.45) is -23.2. The summed E-state index contributed by atoms with van der Waals surface area (Å²) in [6.45, 7) is 1.28. The van der Waals surface area contributed by atoms with Crippen molar-refractivity contribution in [3.63, 3.8) is 0 Å². The third kappa shape index (κ3) is 8.85. The van der Waals surface area contributed by atoms with E-state index in [1.54, 1.807) is 0 Å². The van der Waals surface area contributed by atoms with Gasteiger partial charge in [0.1, 0.15) is 36.6 Å². The van der Waals surface area contributed by atoms with Crippen LogP contribution in [0.5, 0.6) is 0 Å². The van der Waals surface area contributed by atoms with Gasteiger partial charge in [-0.05, 0) is 0 Å². The van der Waals surface area contributed by atoms with Gasteiger partial charge in [0.2, 0.25) is 0 Å². The zero-order chi connectivity index (χ0) is 37.2. The van der Waals surface area contributed by atoms with Gasteiger partial charge in [-0.3, -0.25) is 0 Å².